The fourth-order valence-electron chi connectivity index (χ4n) is 2.70. The second-order valence-electron chi connectivity index (χ2n) is 6.04. The van der Waals surface area contributed by atoms with E-state index in [1.807, 2.05) is 24.3 Å². The van der Waals surface area contributed by atoms with Crippen LogP contribution in [0, 0.1) is 11.3 Å². The van der Waals surface area contributed by atoms with Crippen molar-refractivity contribution < 1.29 is 4.79 Å². The Hall–Kier alpha value is -0.870. The van der Waals surface area contributed by atoms with Crippen LogP contribution in [0.15, 0.2) is 28.7 Å². The van der Waals surface area contributed by atoms with Crippen LogP contribution in [0.25, 0.3) is 0 Å². The summed E-state index contributed by atoms with van der Waals surface area (Å²) in [7, 11) is 0. The molecule has 2 N–H and O–H groups in total. The highest BCUT2D eigenvalue weighted by Gasteiger charge is 2.36. The number of hydrogen-bond acceptors (Lipinski definition) is 2. The largest absolute Gasteiger partial charge is 0.352 e. The van der Waals surface area contributed by atoms with Gasteiger partial charge in [-0.05, 0) is 43.5 Å². The maximum absolute atomic E-state index is 12.5. The van der Waals surface area contributed by atoms with Crippen LogP contribution in [0.3, 0.4) is 0 Å². The van der Waals surface area contributed by atoms with Crippen molar-refractivity contribution in [3.05, 3.63) is 34.3 Å². The Morgan fingerprint density at radius 3 is 2.85 bits per heavy atom. The summed E-state index contributed by atoms with van der Waals surface area (Å²) in [4.78, 5) is 12.5. The quantitative estimate of drug-likeness (QED) is 0.885. The first-order valence-electron chi connectivity index (χ1n) is 7.24. The van der Waals surface area contributed by atoms with E-state index in [1.165, 1.54) is 0 Å². The zero-order chi connectivity index (χ0) is 14.6. The topological polar surface area (TPSA) is 41.1 Å². The molecule has 0 aromatic heterocycles. The molecule has 2 rings (SSSR count). The zero-order valence-electron chi connectivity index (χ0n) is 12.2. The van der Waals surface area contributed by atoms with Crippen molar-refractivity contribution in [2.24, 2.45) is 11.3 Å². The van der Waals surface area contributed by atoms with Gasteiger partial charge in [-0.15, -0.1) is 0 Å². The lowest BCUT2D eigenvalue weighted by atomic mass is 9.74. The normalized spacial score (nSPS) is 19.6. The van der Waals surface area contributed by atoms with Gasteiger partial charge in [0.05, 0.1) is 0 Å². The van der Waals surface area contributed by atoms with Crippen molar-refractivity contribution in [1.82, 2.24) is 10.6 Å². The van der Waals surface area contributed by atoms with Crippen molar-refractivity contribution >= 4 is 21.8 Å². The molecule has 0 aliphatic carbocycles. The SMILES string of the molecule is CC(C)(C(=O)NCc1ccccc1Br)C1CCCNC1. The van der Waals surface area contributed by atoms with Gasteiger partial charge < -0.3 is 10.6 Å². The number of nitrogens with one attached hydrogen (secondary N) is 2. The van der Waals surface area contributed by atoms with Crippen LogP contribution in [-0.2, 0) is 11.3 Å². The molecule has 4 heteroatoms. The van der Waals surface area contributed by atoms with Crippen LogP contribution in [0.4, 0.5) is 0 Å². The first-order chi connectivity index (χ1) is 9.51. The van der Waals surface area contributed by atoms with Gasteiger partial charge >= 0.3 is 0 Å². The van der Waals surface area contributed by atoms with Crippen molar-refractivity contribution in [2.45, 2.75) is 33.2 Å². The maximum atomic E-state index is 12.5. The van der Waals surface area contributed by atoms with E-state index >= 15 is 0 Å². The molecule has 3 nitrogen and oxygen atoms in total. The van der Waals surface area contributed by atoms with Gasteiger partial charge in [0.15, 0.2) is 0 Å². The fraction of sp³-hybridized carbons (Fsp3) is 0.562. The molecule has 1 amide bonds. The van der Waals surface area contributed by atoms with Crippen LogP contribution in [-0.4, -0.2) is 19.0 Å². The molecule has 110 valence electrons. The maximum Gasteiger partial charge on any atom is 0.226 e. The van der Waals surface area contributed by atoms with E-state index in [9.17, 15) is 4.79 Å². The monoisotopic (exact) mass is 338 g/mol. The standard InChI is InChI=1S/C16H23BrN2O/c1-16(2,13-7-5-9-18-11-13)15(20)19-10-12-6-3-4-8-14(12)17/h3-4,6,8,13,18H,5,7,9-11H2,1-2H3,(H,19,20). The second-order valence-corrected chi connectivity index (χ2v) is 6.89. The van der Waals surface area contributed by atoms with Crippen molar-refractivity contribution in [3.8, 4) is 0 Å². The van der Waals surface area contributed by atoms with E-state index in [1.54, 1.807) is 0 Å². The van der Waals surface area contributed by atoms with Gasteiger partial charge in [0, 0.05) is 16.4 Å². The highest BCUT2D eigenvalue weighted by Crippen LogP contribution is 2.32. The number of halogens is 1. The first-order valence-corrected chi connectivity index (χ1v) is 8.03. The van der Waals surface area contributed by atoms with Gasteiger partial charge in [0.2, 0.25) is 5.91 Å². The third kappa shape index (κ3) is 3.61. The van der Waals surface area contributed by atoms with E-state index < -0.39 is 0 Å². The molecule has 0 saturated carbocycles. The van der Waals surface area contributed by atoms with Gasteiger partial charge in [-0.2, -0.15) is 0 Å². The molecule has 1 aromatic carbocycles. The van der Waals surface area contributed by atoms with Crippen LogP contribution >= 0.6 is 15.9 Å². The van der Waals surface area contributed by atoms with Gasteiger partial charge in [-0.25, -0.2) is 0 Å². The smallest absolute Gasteiger partial charge is 0.226 e. The Morgan fingerprint density at radius 1 is 1.45 bits per heavy atom. The number of hydrogen-bond donors (Lipinski definition) is 2. The second kappa shape index (κ2) is 6.72. The van der Waals surface area contributed by atoms with E-state index in [4.69, 9.17) is 0 Å². The summed E-state index contributed by atoms with van der Waals surface area (Å²) in [6.07, 6.45) is 2.29. The molecule has 1 aliphatic rings. The molecule has 0 bridgehead atoms. The van der Waals surface area contributed by atoms with Crippen LogP contribution < -0.4 is 10.6 Å². The van der Waals surface area contributed by atoms with Crippen LogP contribution in [0.2, 0.25) is 0 Å². The average molecular weight is 339 g/mol. The van der Waals surface area contributed by atoms with E-state index in [0.29, 0.717) is 12.5 Å². The lowest BCUT2D eigenvalue weighted by Crippen LogP contribution is -2.47. The Balaban J connectivity index is 1.95. The van der Waals surface area contributed by atoms with E-state index in [-0.39, 0.29) is 11.3 Å². The summed E-state index contributed by atoms with van der Waals surface area (Å²) in [5.74, 6) is 0.553. The highest BCUT2D eigenvalue weighted by molar-refractivity contribution is 9.10. The van der Waals surface area contributed by atoms with Crippen molar-refractivity contribution in [2.75, 3.05) is 13.1 Å². The Bertz CT molecular complexity index is 467. The van der Waals surface area contributed by atoms with Gasteiger partial charge in [-0.3, -0.25) is 4.79 Å². The summed E-state index contributed by atoms with van der Waals surface area (Å²) in [5, 5.41) is 6.47. The number of carbonyl (C=O) groups excluding carboxylic acids is 1. The molecule has 1 atom stereocenters. The molecule has 1 heterocycles. The Kier molecular flexibility index (Phi) is 5.22. The minimum Gasteiger partial charge on any atom is -0.352 e. The lowest BCUT2D eigenvalue weighted by Gasteiger charge is -2.36. The minimum absolute atomic E-state index is 0.141. The highest BCUT2D eigenvalue weighted by atomic mass is 79.9. The van der Waals surface area contributed by atoms with Gasteiger partial charge in [0.25, 0.3) is 0 Å². The number of benzene rings is 1. The summed E-state index contributed by atoms with van der Waals surface area (Å²) < 4.78 is 1.04. The summed E-state index contributed by atoms with van der Waals surface area (Å²) in [6.45, 7) is 6.70. The molecule has 1 unspecified atom stereocenters. The predicted molar refractivity (Wildman–Crippen MR) is 85.4 cm³/mol. The lowest BCUT2D eigenvalue weighted by molar-refractivity contribution is -0.132. The molecule has 1 aliphatic heterocycles. The molecular weight excluding hydrogens is 316 g/mol. The van der Waals surface area contributed by atoms with Crippen molar-refractivity contribution in [3.63, 3.8) is 0 Å². The molecule has 0 spiro atoms. The Labute approximate surface area is 129 Å². The number of rotatable bonds is 4. The van der Waals surface area contributed by atoms with Crippen LogP contribution in [0.1, 0.15) is 32.3 Å². The third-order valence-electron chi connectivity index (χ3n) is 4.30. The molecule has 1 saturated heterocycles. The zero-order valence-corrected chi connectivity index (χ0v) is 13.8. The molecular formula is C16H23BrN2O. The minimum atomic E-state index is -0.325. The van der Waals surface area contributed by atoms with Crippen LogP contribution in [0.5, 0.6) is 0 Å². The van der Waals surface area contributed by atoms with Gasteiger partial charge in [0.1, 0.15) is 0 Å². The summed E-state index contributed by atoms with van der Waals surface area (Å²) in [5.41, 5.74) is 0.785. The summed E-state index contributed by atoms with van der Waals surface area (Å²) >= 11 is 3.51. The average Bonchev–Trinajstić information content (AvgIpc) is 2.47. The number of amides is 1. The number of carbonyl (C=O) groups is 1. The molecule has 0 radical (unpaired) electrons. The Morgan fingerprint density at radius 2 is 2.20 bits per heavy atom. The predicted octanol–water partition coefficient (Wildman–Crippen LogP) is 3.09. The van der Waals surface area contributed by atoms with E-state index in [0.717, 1.165) is 36.0 Å². The molecule has 1 fully saturated rings. The van der Waals surface area contributed by atoms with Gasteiger partial charge in [-0.1, -0.05) is 48.0 Å². The molecule has 1 aromatic rings. The molecule has 20 heavy (non-hydrogen) atoms. The fourth-order valence-corrected chi connectivity index (χ4v) is 3.12. The number of piperidine rings is 1. The first kappa shape index (κ1) is 15.5. The van der Waals surface area contributed by atoms with Crippen molar-refractivity contribution in [1.29, 1.82) is 0 Å². The van der Waals surface area contributed by atoms with E-state index in [2.05, 4.69) is 40.4 Å². The summed E-state index contributed by atoms with van der Waals surface area (Å²) in [6, 6.07) is 7.99. The third-order valence-corrected chi connectivity index (χ3v) is 5.07.